The Kier molecular flexibility index (Phi) is 4.29. The van der Waals surface area contributed by atoms with Crippen LogP contribution < -0.4 is 0 Å². The zero-order valence-electron chi connectivity index (χ0n) is 6.69. The van der Waals surface area contributed by atoms with Crippen LogP contribution in [0.15, 0.2) is 12.3 Å². The van der Waals surface area contributed by atoms with Gasteiger partial charge < -0.3 is 15.1 Å². The third-order valence-corrected chi connectivity index (χ3v) is 1.41. The molecule has 0 aromatic heterocycles. The van der Waals surface area contributed by atoms with E-state index in [0.717, 1.165) is 6.08 Å². The molecular weight excluding hydrogens is 146 g/mol. The van der Waals surface area contributed by atoms with Gasteiger partial charge in [-0.1, -0.05) is 0 Å². The highest BCUT2D eigenvalue weighted by Gasteiger charge is 2.01. The first kappa shape index (κ1) is 9.97. The standard InChI is InChI=1S/C7H13NO3/c1-6(5-9)8(2)4-3-7(10)11/h3-4,6,9H,5H2,1-2H3,(H,10,11)/b4-3+. The molecule has 0 bridgehead atoms. The number of nitrogens with zero attached hydrogens (tertiary/aromatic N) is 1. The lowest BCUT2D eigenvalue weighted by molar-refractivity contribution is -0.131. The number of carboxylic acid groups (broad SMARTS) is 1. The number of likely N-dealkylation sites (N-methyl/N-ethyl adjacent to an activating group) is 1. The van der Waals surface area contributed by atoms with E-state index in [1.54, 1.807) is 18.9 Å². The molecule has 2 N–H and O–H groups in total. The molecule has 0 fully saturated rings. The minimum Gasteiger partial charge on any atom is -0.478 e. The van der Waals surface area contributed by atoms with E-state index in [1.165, 1.54) is 6.20 Å². The predicted octanol–water partition coefficient (Wildman–Crippen LogP) is -0.103. The van der Waals surface area contributed by atoms with Crippen LogP contribution in [0.25, 0.3) is 0 Å². The predicted molar refractivity (Wildman–Crippen MR) is 41.1 cm³/mol. The molecule has 0 saturated heterocycles. The van der Waals surface area contributed by atoms with E-state index in [2.05, 4.69) is 0 Å². The van der Waals surface area contributed by atoms with Crippen molar-refractivity contribution in [3.05, 3.63) is 12.3 Å². The van der Waals surface area contributed by atoms with Gasteiger partial charge in [-0.15, -0.1) is 0 Å². The normalized spacial score (nSPS) is 13.4. The lowest BCUT2D eigenvalue weighted by atomic mass is 10.3. The van der Waals surface area contributed by atoms with Gasteiger partial charge in [0.05, 0.1) is 6.61 Å². The quantitative estimate of drug-likeness (QED) is 0.562. The number of rotatable bonds is 4. The second-order valence-corrected chi connectivity index (χ2v) is 2.35. The molecule has 0 aliphatic rings. The van der Waals surface area contributed by atoms with Crippen LogP contribution in [-0.4, -0.2) is 40.8 Å². The first-order chi connectivity index (χ1) is 5.07. The smallest absolute Gasteiger partial charge is 0.329 e. The fraction of sp³-hybridized carbons (Fsp3) is 0.571. The monoisotopic (exact) mass is 159 g/mol. The van der Waals surface area contributed by atoms with Crippen molar-refractivity contribution in [1.29, 1.82) is 0 Å². The van der Waals surface area contributed by atoms with Crippen molar-refractivity contribution in [1.82, 2.24) is 4.90 Å². The third kappa shape index (κ3) is 4.38. The van der Waals surface area contributed by atoms with E-state index < -0.39 is 5.97 Å². The highest BCUT2D eigenvalue weighted by molar-refractivity contribution is 5.79. The van der Waals surface area contributed by atoms with Crippen molar-refractivity contribution in [3.63, 3.8) is 0 Å². The third-order valence-electron chi connectivity index (χ3n) is 1.41. The molecule has 4 heteroatoms. The van der Waals surface area contributed by atoms with Gasteiger partial charge in [0, 0.05) is 25.4 Å². The van der Waals surface area contributed by atoms with Crippen molar-refractivity contribution >= 4 is 5.97 Å². The van der Waals surface area contributed by atoms with Gasteiger partial charge in [0.1, 0.15) is 0 Å². The number of hydrogen-bond donors (Lipinski definition) is 2. The Bertz CT molecular complexity index is 156. The zero-order valence-corrected chi connectivity index (χ0v) is 6.69. The average Bonchev–Trinajstić information content (AvgIpc) is 1.98. The molecule has 1 atom stereocenters. The molecule has 4 nitrogen and oxygen atoms in total. The van der Waals surface area contributed by atoms with Crippen LogP contribution in [0.2, 0.25) is 0 Å². The maximum Gasteiger partial charge on any atom is 0.329 e. The molecule has 11 heavy (non-hydrogen) atoms. The molecule has 0 aliphatic carbocycles. The van der Waals surface area contributed by atoms with Gasteiger partial charge in [-0.3, -0.25) is 0 Å². The summed E-state index contributed by atoms with van der Waals surface area (Å²) in [5.41, 5.74) is 0. The van der Waals surface area contributed by atoms with Gasteiger partial charge in [0.2, 0.25) is 0 Å². The molecule has 0 aromatic rings. The fourth-order valence-corrected chi connectivity index (χ4v) is 0.457. The topological polar surface area (TPSA) is 60.8 Å². The van der Waals surface area contributed by atoms with Gasteiger partial charge in [-0.05, 0) is 6.92 Å². The van der Waals surface area contributed by atoms with Gasteiger partial charge in [0.25, 0.3) is 0 Å². The first-order valence-electron chi connectivity index (χ1n) is 3.32. The summed E-state index contributed by atoms with van der Waals surface area (Å²) in [4.78, 5) is 11.7. The Hall–Kier alpha value is -1.03. The highest BCUT2D eigenvalue weighted by Crippen LogP contribution is 1.93. The Labute approximate surface area is 65.7 Å². The summed E-state index contributed by atoms with van der Waals surface area (Å²) in [5.74, 6) is -0.984. The molecule has 0 amide bonds. The second-order valence-electron chi connectivity index (χ2n) is 2.35. The first-order valence-corrected chi connectivity index (χ1v) is 3.32. The zero-order chi connectivity index (χ0) is 8.85. The van der Waals surface area contributed by atoms with Gasteiger partial charge in [-0.25, -0.2) is 4.79 Å². The molecular formula is C7H13NO3. The van der Waals surface area contributed by atoms with Gasteiger partial charge in [-0.2, -0.15) is 0 Å². The maximum atomic E-state index is 10.0. The van der Waals surface area contributed by atoms with Crippen LogP contribution in [-0.2, 0) is 4.79 Å². The van der Waals surface area contributed by atoms with Crippen LogP contribution >= 0.6 is 0 Å². The van der Waals surface area contributed by atoms with E-state index in [9.17, 15) is 4.79 Å². The van der Waals surface area contributed by atoms with Crippen molar-refractivity contribution < 1.29 is 15.0 Å². The summed E-state index contributed by atoms with van der Waals surface area (Å²) in [6.07, 6.45) is 2.45. The number of hydrogen-bond acceptors (Lipinski definition) is 3. The largest absolute Gasteiger partial charge is 0.478 e. The number of aliphatic hydroxyl groups excluding tert-OH is 1. The molecule has 0 radical (unpaired) electrons. The van der Waals surface area contributed by atoms with Crippen molar-refractivity contribution in [2.45, 2.75) is 13.0 Å². The lowest BCUT2D eigenvalue weighted by Gasteiger charge is -2.19. The minimum atomic E-state index is -0.984. The summed E-state index contributed by atoms with van der Waals surface area (Å²) in [6, 6.07) is -0.0504. The molecule has 0 heterocycles. The van der Waals surface area contributed by atoms with E-state index in [-0.39, 0.29) is 12.6 Å². The van der Waals surface area contributed by atoms with Gasteiger partial charge in [0.15, 0.2) is 0 Å². The molecule has 0 aromatic carbocycles. The van der Waals surface area contributed by atoms with Gasteiger partial charge >= 0.3 is 5.97 Å². The summed E-state index contributed by atoms with van der Waals surface area (Å²) >= 11 is 0. The number of carbonyl (C=O) groups is 1. The van der Waals surface area contributed by atoms with E-state index in [1.807, 2.05) is 0 Å². The van der Waals surface area contributed by atoms with Crippen LogP contribution in [0.1, 0.15) is 6.92 Å². The average molecular weight is 159 g/mol. The fourth-order valence-electron chi connectivity index (χ4n) is 0.457. The van der Waals surface area contributed by atoms with Crippen LogP contribution in [0, 0.1) is 0 Å². The second kappa shape index (κ2) is 4.73. The van der Waals surface area contributed by atoms with Crippen LogP contribution in [0.5, 0.6) is 0 Å². The molecule has 0 rings (SSSR count). The Balaban J connectivity index is 3.85. The molecule has 0 aliphatic heterocycles. The maximum absolute atomic E-state index is 10.0. The van der Waals surface area contributed by atoms with E-state index in [4.69, 9.17) is 10.2 Å². The number of aliphatic carboxylic acids is 1. The highest BCUT2D eigenvalue weighted by atomic mass is 16.4. The molecule has 0 spiro atoms. The Morgan fingerprint density at radius 1 is 1.73 bits per heavy atom. The molecule has 1 unspecified atom stereocenters. The SMILES string of the molecule is CC(CO)N(C)/C=C/C(=O)O. The van der Waals surface area contributed by atoms with E-state index >= 15 is 0 Å². The summed E-state index contributed by atoms with van der Waals surface area (Å²) < 4.78 is 0. The number of aliphatic hydroxyl groups is 1. The van der Waals surface area contributed by atoms with Crippen LogP contribution in [0.3, 0.4) is 0 Å². The number of carboxylic acids is 1. The van der Waals surface area contributed by atoms with Crippen molar-refractivity contribution in [3.8, 4) is 0 Å². The van der Waals surface area contributed by atoms with Crippen LogP contribution in [0.4, 0.5) is 0 Å². The van der Waals surface area contributed by atoms with Crippen molar-refractivity contribution in [2.24, 2.45) is 0 Å². The summed E-state index contributed by atoms with van der Waals surface area (Å²) in [7, 11) is 1.71. The molecule has 0 saturated carbocycles. The van der Waals surface area contributed by atoms with Crippen molar-refractivity contribution in [2.75, 3.05) is 13.7 Å². The Morgan fingerprint density at radius 2 is 2.27 bits per heavy atom. The lowest BCUT2D eigenvalue weighted by Crippen LogP contribution is -2.27. The van der Waals surface area contributed by atoms with E-state index in [0.29, 0.717) is 0 Å². The Morgan fingerprint density at radius 3 is 2.64 bits per heavy atom. The molecule has 64 valence electrons. The summed E-state index contributed by atoms with van der Waals surface area (Å²) in [5, 5.41) is 16.9. The minimum absolute atomic E-state index is 0.0143. The summed E-state index contributed by atoms with van der Waals surface area (Å²) in [6.45, 7) is 1.81.